The summed E-state index contributed by atoms with van der Waals surface area (Å²) in [6.45, 7) is 1.81. The molecule has 0 spiro atoms. The molecule has 1 fully saturated rings. The lowest BCUT2D eigenvalue weighted by atomic mass is 10.2. The summed E-state index contributed by atoms with van der Waals surface area (Å²) in [5, 5.41) is 19.6. The number of fused-ring (bicyclic) bond motifs is 1. The van der Waals surface area contributed by atoms with Gasteiger partial charge in [0.2, 0.25) is 5.95 Å². The molecular weight excluding hydrogens is 324 g/mol. The Labute approximate surface area is 144 Å². The van der Waals surface area contributed by atoms with Crippen LogP contribution in [-0.2, 0) is 4.74 Å². The summed E-state index contributed by atoms with van der Waals surface area (Å²) in [4.78, 5) is 19.0. The zero-order chi connectivity index (χ0) is 18.0. The number of H-pyrrole nitrogens is 1. The number of aromatic nitrogens is 3. The molecule has 1 saturated heterocycles. The van der Waals surface area contributed by atoms with Crippen LogP contribution in [0.5, 0.6) is 0 Å². The number of hydrogen-bond donors (Lipinski definition) is 4. The van der Waals surface area contributed by atoms with E-state index in [9.17, 15) is 15.0 Å². The predicted molar refractivity (Wildman–Crippen MR) is 92.8 cm³/mol. The van der Waals surface area contributed by atoms with Crippen molar-refractivity contribution in [3.63, 3.8) is 0 Å². The number of nitrogens with one attached hydrogen (secondary N) is 1. The van der Waals surface area contributed by atoms with E-state index in [-0.39, 0.29) is 24.5 Å². The van der Waals surface area contributed by atoms with Gasteiger partial charge in [-0.3, -0.25) is 9.78 Å². The highest BCUT2D eigenvalue weighted by molar-refractivity contribution is 5.83. The molecule has 0 aromatic carbocycles. The van der Waals surface area contributed by atoms with Gasteiger partial charge >= 0.3 is 0 Å². The number of ether oxygens (including phenoxy) is 1. The van der Waals surface area contributed by atoms with Gasteiger partial charge in [-0.25, -0.2) is 0 Å². The molecule has 25 heavy (non-hydrogen) atoms. The Bertz CT molecular complexity index is 876. The van der Waals surface area contributed by atoms with Gasteiger partial charge in [0.15, 0.2) is 5.65 Å². The van der Waals surface area contributed by atoms with E-state index >= 15 is 0 Å². The molecule has 0 bridgehead atoms. The average Bonchev–Trinajstić information content (AvgIpc) is 3.12. The molecule has 1 unspecified atom stereocenters. The van der Waals surface area contributed by atoms with E-state index in [2.05, 4.69) is 28.7 Å². The van der Waals surface area contributed by atoms with Gasteiger partial charge < -0.3 is 25.3 Å². The van der Waals surface area contributed by atoms with Crippen molar-refractivity contribution in [3.05, 3.63) is 22.1 Å². The van der Waals surface area contributed by atoms with Crippen molar-refractivity contribution in [1.29, 1.82) is 0 Å². The topological polar surface area (TPSA) is 126 Å². The van der Waals surface area contributed by atoms with Crippen LogP contribution in [0.4, 0.5) is 5.95 Å². The van der Waals surface area contributed by atoms with E-state index in [0.29, 0.717) is 16.6 Å². The number of nitrogens with zero attached hydrogens (tertiary/aromatic N) is 2. The standard InChI is InChI=1S/C17H22N4O4/c1-2-3-4-5-6-10-8-21(13-7-11(23)12(9-22)25-13)15-14(10)16(24)20-17(18)19-15/h8,11-13,22-23H,2-4,7,9H2,1H3,(H3,18,19,20,24)/t11-,12?,13-/m1/s1. The highest BCUT2D eigenvalue weighted by atomic mass is 16.5. The van der Waals surface area contributed by atoms with Crippen molar-refractivity contribution < 1.29 is 14.9 Å². The molecule has 2 aromatic rings. The van der Waals surface area contributed by atoms with E-state index in [4.69, 9.17) is 10.5 Å². The summed E-state index contributed by atoms with van der Waals surface area (Å²) in [6.07, 6.45) is 2.76. The van der Waals surface area contributed by atoms with Gasteiger partial charge in [0.1, 0.15) is 12.3 Å². The largest absolute Gasteiger partial charge is 0.394 e. The highest BCUT2D eigenvalue weighted by Gasteiger charge is 2.35. The van der Waals surface area contributed by atoms with E-state index in [0.717, 1.165) is 19.3 Å². The maximum absolute atomic E-state index is 12.3. The highest BCUT2D eigenvalue weighted by Crippen LogP contribution is 2.32. The first-order valence-corrected chi connectivity index (χ1v) is 8.38. The molecule has 2 aromatic heterocycles. The third-order valence-corrected chi connectivity index (χ3v) is 4.27. The molecule has 0 amide bonds. The minimum Gasteiger partial charge on any atom is -0.394 e. The lowest BCUT2D eigenvalue weighted by Crippen LogP contribution is -2.24. The van der Waals surface area contributed by atoms with Gasteiger partial charge in [-0.15, -0.1) is 0 Å². The normalized spacial score (nSPS) is 22.9. The maximum atomic E-state index is 12.3. The van der Waals surface area contributed by atoms with Crippen molar-refractivity contribution in [2.75, 3.05) is 12.3 Å². The number of aliphatic hydroxyl groups excluding tert-OH is 2. The number of anilines is 1. The SMILES string of the molecule is CCCCC#Cc1cn([C@H]2C[C@@H](O)C(CO)O2)c2nc(N)[nH]c(=O)c12. The minimum absolute atomic E-state index is 0.000374. The minimum atomic E-state index is -0.786. The van der Waals surface area contributed by atoms with Crippen LogP contribution in [0, 0.1) is 11.8 Å². The molecule has 3 heterocycles. The fraction of sp³-hybridized carbons (Fsp3) is 0.529. The molecule has 0 radical (unpaired) electrons. The number of nitrogens with two attached hydrogens (primary N) is 1. The summed E-state index contributed by atoms with van der Waals surface area (Å²) in [6, 6.07) is 0. The molecular formula is C17H22N4O4. The number of aliphatic hydroxyl groups is 2. The van der Waals surface area contributed by atoms with Crippen LogP contribution in [0.15, 0.2) is 11.0 Å². The van der Waals surface area contributed by atoms with Gasteiger partial charge in [-0.05, 0) is 6.42 Å². The third kappa shape index (κ3) is 3.39. The van der Waals surface area contributed by atoms with E-state index in [1.165, 1.54) is 0 Å². The van der Waals surface area contributed by atoms with Gasteiger partial charge in [-0.1, -0.05) is 25.2 Å². The van der Waals surface area contributed by atoms with E-state index in [1.54, 1.807) is 10.8 Å². The summed E-state index contributed by atoms with van der Waals surface area (Å²) in [5.74, 6) is 6.09. The molecule has 134 valence electrons. The fourth-order valence-corrected chi connectivity index (χ4v) is 2.96. The Morgan fingerprint density at radius 2 is 2.36 bits per heavy atom. The second kappa shape index (κ2) is 7.27. The second-order valence-corrected chi connectivity index (χ2v) is 6.12. The summed E-state index contributed by atoms with van der Waals surface area (Å²) in [5.41, 5.74) is 6.22. The molecule has 0 aliphatic carbocycles. The lowest BCUT2D eigenvalue weighted by molar-refractivity contribution is -0.0430. The molecule has 1 aliphatic rings. The predicted octanol–water partition coefficient (Wildman–Crippen LogP) is 0.489. The molecule has 0 saturated carbocycles. The van der Waals surface area contributed by atoms with E-state index in [1.807, 2.05) is 0 Å². The first kappa shape index (κ1) is 17.5. The Morgan fingerprint density at radius 3 is 3.04 bits per heavy atom. The van der Waals surface area contributed by atoms with Crippen LogP contribution in [0.3, 0.4) is 0 Å². The number of aromatic amines is 1. The summed E-state index contributed by atoms with van der Waals surface area (Å²) < 4.78 is 7.33. The quantitative estimate of drug-likeness (QED) is 0.471. The van der Waals surface area contributed by atoms with Crippen molar-refractivity contribution in [1.82, 2.24) is 14.5 Å². The first-order valence-electron chi connectivity index (χ1n) is 8.38. The molecule has 3 rings (SSSR count). The number of nitrogen functional groups attached to an aromatic ring is 1. The Morgan fingerprint density at radius 1 is 1.56 bits per heavy atom. The number of hydrogen-bond acceptors (Lipinski definition) is 6. The number of unbranched alkanes of at least 4 members (excludes halogenated alkanes) is 2. The van der Waals surface area contributed by atoms with Crippen LogP contribution >= 0.6 is 0 Å². The zero-order valence-corrected chi connectivity index (χ0v) is 14.0. The average molecular weight is 346 g/mol. The van der Waals surface area contributed by atoms with Gasteiger partial charge in [-0.2, -0.15) is 4.98 Å². The van der Waals surface area contributed by atoms with Gasteiger partial charge in [0.05, 0.1) is 23.7 Å². The second-order valence-electron chi connectivity index (χ2n) is 6.12. The van der Waals surface area contributed by atoms with Crippen molar-refractivity contribution in [2.24, 2.45) is 0 Å². The molecule has 5 N–H and O–H groups in total. The van der Waals surface area contributed by atoms with Crippen molar-refractivity contribution in [3.8, 4) is 11.8 Å². The molecule has 8 nitrogen and oxygen atoms in total. The fourth-order valence-electron chi connectivity index (χ4n) is 2.96. The van der Waals surface area contributed by atoms with Gasteiger partial charge in [0, 0.05) is 19.0 Å². The maximum Gasteiger partial charge on any atom is 0.263 e. The smallest absolute Gasteiger partial charge is 0.263 e. The monoisotopic (exact) mass is 346 g/mol. The lowest BCUT2D eigenvalue weighted by Gasteiger charge is -2.14. The molecule has 1 aliphatic heterocycles. The summed E-state index contributed by atoms with van der Waals surface area (Å²) >= 11 is 0. The van der Waals surface area contributed by atoms with Crippen LogP contribution < -0.4 is 11.3 Å². The number of rotatable bonds is 4. The Kier molecular flexibility index (Phi) is 5.08. The first-order chi connectivity index (χ1) is 12.0. The van der Waals surface area contributed by atoms with Crippen LogP contribution in [0.1, 0.15) is 44.4 Å². The van der Waals surface area contributed by atoms with Crippen LogP contribution in [0.2, 0.25) is 0 Å². The third-order valence-electron chi connectivity index (χ3n) is 4.27. The van der Waals surface area contributed by atoms with E-state index < -0.39 is 18.4 Å². The Balaban J connectivity index is 2.06. The van der Waals surface area contributed by atoms with Crippen molar-refractivity contribution >= 4 is 17.0 Å². The molecule has 3 atom stereocenters. The van der Waals surface area contributed by atoms with Crippen LogP contribution in [0.25, 0.3) is 11.0 Å². The van der Waals surface area contributed by atoms with Crippen molar-refractivity contribution in [2.45, 2.75) is 51.0 Å². The van der Waals surface area contributed by atoms with Crippen LogP contribution in [-0.4, -0.2) is 43.6 Å². The Hall–Kier alpha value is -2.34. The summed E-state index contributed by atoms with van der Waals surface area (Å²) in [7, 11) is 0. The van der Waals surface area contributed by atoms with Gasteiger partial charge in [0.25, 0.3) is 5.56 Å². The molecule has 8 heteroatoms. The zero-order valence-electron chi connectivity index (χ0n) is 14.0.